The number of nitrogens with zero attached hydrogens (tertiary/aromatic N) is 4. The summed E-state index contributed by atoms with van der Waals surface area (Å²) in [5, 5.41) is 8.94. The van der Waals surface area contributed by atoms with Crippen molar-refractivity contribution in [1.29, 1.82) is 5.26 Å². The van der Waals surface area contributed by atoms with Crippen molar-refractivity contribution in [3.63, 3.8) is 0 Å². The van der Waals surface area contributed by atoms with Gasteiger partial charge in [0.05, 0.1) is 12.0 Å². The summed E-state index contributed by atoms with van der Waals surface area (Å²) in [7, 11) is 0. The average molecular weight is 260 g/mol. The van der Waals surface area contributed by atoms with E-state index in [1.807, 2.05) is 13.0 Å². The van der Waals surface area contributed by atoms with E-state index in [2.05, 4.69) is 33.3 Å². The largest absolute Gasteiger partial charge is 0.355 e. The number of nitrogens with one attached hydrogen (secondary N) is 1. The lowest BCUT2D eigenvalue weighted by atomic mass is 10.2. The number of hydrogen-bond donors (Lipinski definition) is 2. The van der Waals surface area contributed by atoms with E-state index in [0.717, 1.165) is 31.0 Å². The molecule has 1 fully saturated rings. The molecule has 1 unspecified atom stereocenters. The van der Waals surface area contributed by atoms with Crippen LogP contribution in [0.2, 0.25) is 0 Å². The quantitative estimate of drug-likeness (QED) is 0.596. The predicted octanol–water partition coefficient (Wildman–Crippen LogP) is 1.63. The number of anilines is 2. The molecule has 0 bridgehead atoms. The number of hydrogen-bond acceptors (Lipinski definition) is 6. The molecule has 1 saturated carbocycles. The molecule has 3 N–H and O–H groups in total. The van der Waals surface area contributed by atoms with Gasteiger partial charge in [-0.15, -0.1) is 0 Å². The van der Waals surface area contributed by atoms with Crippen LogP contribution in [-0.2, 0) is 0 Å². The van der Waals surface area contributed by atoms with Gasteiger partial charge in [0, 0.05) is 25.1 Å². The van der Waals surface area contributed by atoms with E-state index in [0.29, 0.717) is 18.3 Å². The zero-order chi connectivity index (χ0) is 13.8. The predicted molar refractivity (Wildman–Crippen MR) is 74.5 cm³/mol. The first-order valence-corrected chi connectivity index (χ1v) is 6.68. The fourth-order valence-corrected chi connectivity index (χ4v) is 1.97. The lowest BCUT2D eigenvalue weighted by Crippen LogP contribution is -2.29. The molecule has 2 rings (SSSR count). The number of aromatic nitrogens is 2. The number of hydrazine groups is 1. The van der Waals surface area contributed by atoms with Crippen LogP contribution in [0.1, 0.15) is 38.4 Å². The summed E-state index contributed by atoms with van der Waals surface area (Å²) in [6.45, 7) is 5.43. The molecule has 6 nitrogen and oxygen atoms in total. The molecule has 0 aliphatic heterocycles. The third-order valence-corrected chi connectivity index (χ3v) is 3.24. The van der Waals surface area contributed by atoms with Crippen molar-refractivity contribution in [2.24, 2.45) is 11.8 Å². The highest BCUT2D eigenvalue weighted by molar-refractivity contribution is 5.49. The van der Waals surface area contributed by atoms with Gasteiger partial charge in [0.2, 0.25) is 0 Å². The fraction of sp³-hybridized carbons (Fsp3) is 0.615. The standard InChI is InChI=1S/C13H20N6/c1-3-19(8-9(2)7-14)12-6-11(18-15)16-13(17-12)10-4-5-10/h6,9-10H,3-5,8,15H2,1-2H3,(H,16,17,18). The molecule has 0 aromatic carbocycles. The highest BCUT2D eigenvalue weighted by Gasteiger charge is 2.28. The first kappa shape index (κ1) is 13.6. The topological polar surface area (TPSA) is 90.9 Å². The summed E-state index contributed by atoms with van der Waals surface area (Å²) in [5.74, 6) is 8.24. The minimum absolute atomic E-state index is 0.0337. The van der Waals surface area contributed by atoms with Crippen LogP contribution in [0.5, 0.6) is 0 Å². The zero-order valence-corrected chi connectivity index (χ0v) is 11.4. The molecule has 102 valence electrons. The third-order valence-electron chi connectivity index (χ3n) is 3.24. The first-order valence-electron chi connectivity index (χ1n) is 6.68. The molecule has 0 saturated heterocycles. The monoisotopic (exact) mass is 260 g/mol. The molecule has 1 aromatic rings. The molecule has 6 heteroatoms. The lowest BCUT2D eigenvalue weighted by molar-refractivity contribution is 0.676. The van der Waals surface area contributed by atoms with Crippen molar-refractivity contribution < 1.29 is 0 Å². The minimum Gasteiger partial charge on any atom is -0.355 e. The molecule has 1 atom stereocenters. The Morgan fingerprint density at radius 1 is 1.58 bits per heavy atom. The molecular formula is C13H20N6. The Kier molecular flexibility index (Phi) is 4.17. The third kappa shape index (κ3) is 3.32. The summed E-state index contributed by atoms with van der Waals surface area (Å²) in [6.07, 6.45) is 2.29. The molecule has 1 aliphatic rings. The smallest absolute Gasteiger partial charge is 0.145 e. The normalized spacial score (nSPS) is 15.7. The second-order valence-electron chi connectivity index (χ2n) is 4.96. The van der Waals surface area contributed by atoms with Gasteiger partial charge in [0.25, 0.3) is 0 Å². The number of rotatable bonds is 6. The van der Waals surface area contributed by atoms with E-state index in [4.69, 9.17) is 11.1 Å². The maximum absolute atomic E-state index is 8.94. The van der Waals surface area contributed by atoms with Crippen molar-refractivity contribution in [2.45, 2.75) is 32.6 Å². The van der Waals surface area contributed by atoms with Crippen molar-refractivity contribution in [1.82, 2.24) is 9.97 Å². The van der Waals surface area contributed by atoms with Crippen molar-refractivity contribution >= 4 is 11.6 Å². The maximum Gasteiger partial charge on any atom is 0.145 e. The van der Waals surface area contributed by atoms with E-state index < -0.39 is 0 Å². The van der Waals surface area contributed by atoms with E-state index in [-0.39, 0.29) is 5.92 Å². The molecule has 1 aliphatic carbocycles. The first-order chi connectivity index (χ1) is 9.17. The van der Waals surface area contributed by atoms with Crippen molar-refractivity contribution in [3.05, 3.63) is 11.9 Å². The fourth-order valence-electron chi connectivity index (χ4n) is 1.97. The Labute approximate surface area is 113 Å². The number of nitrogens with two attached hydrogens (primary N) is 1. The summed E-state index contributed by atoms with van der Waals surface area (Å²) >= 11 is 0. The van der Waals surface area contributed by atoms with Gasteiger partial charge >= 0.3 is 0 Å². The molecule has 0 spiro atoms. The van der Waals surface area contributed by atoms with Crippen LogP contribution in [-0.4, -0.2) is 23.1 Å². The van der Waals surface area contributed by atoms with Crippen LogP contribution >= 0.6 is 0 Å². The Morgan fingerprint density at radius 3 is 2.84 bits per heavy atom. The summed E-state index contributed by atoms with van der Waals surface area (Å²) < 4.78 is 0. The maximum atomic E-state index is 8.94. The average Bonchev–Trinajstić information content (AvgIpc) is 3.28. The highest BCUT2D eigenvalue weighted by atomic mass is 15.3. The molecule has 1 aromatic heterocycles. The van der Waals surface area contributed by atoms with Crippen LogP contribution in [0, 0.1) is 17.2 Å². The summed E-state index contributed by atoms with van der Waals surface area (Å²) in [6, 6.07) is 4.09. The van der Waals surface area contributed by atoms with Gasteiger partial charge in [-0.3, -0.25) is 0 Å². The van der Waals surface area contributed by atoms with Gasteiger partial charge in [-0.2, -0.15) is 5.26 Å². The Hall–Kier alpha value is -1.87. The van der Waals surface area contributed by atoms with E-state index in [9.17, 15) is 0 Å². The lowest BCUT2D eigenvalue weighted by Gasteiger charge is -2.23. The van der Waals surface area contributed by atoms with Crippen molar-refractivity contribution in [3.8, 4) is 6.07 Å². The van der Waals surface area contributed by atoms with Gasteiger partial charge in [-0.1, -0.05) is 0 Å². The van der Waals surface area contributed by atoms with Gasteiger partial charge in [-0.05, 0) is 26.7 Å². The SMILES string of the molecule is CCN(CC(C)C#N)c1cc(NN)nc(C2CC2)n1. The van der Waals surface area contributed by atoms with E-state index in [1.54, 1.807) is 0 Å². The van der Waals surface area contributed by atoms with E-state index >= 15 is 0 Å². The van der Waals surface area contributed by atoms with Crippen LogP contribution in [0.25, 0.3) is 0 Å². The summed E-state index contributed by atoms with van der Waals surface area (Å²) in [4.78, 5) is 11.1. The minimum atomic E-state index is -0.0337. The molecule has 19 heavy (non-hydrogen) atoms. The molecule has 1 heterocycles. The molecular weight excluding hydrogens is 240 g/mol. The second-order valence-corrected chi connectivity index (χ2v) is 4.96. The van der Waals surface area contributed by atoms with E-state index in [1.165, 1.54) is 0 Å². The molecule has 0 amide bonds. The highest BCUT2D eigenvalue weighted by Crippen LogP contribution is 2.39. The zero-order valence-electron chi connectivity index (χ0n) is 11.4. The Morgan fingerprint density at radius 2 is 2.32 bits per heavy atom. The van der Waals surface area contributed by atoms with Gasteiger partial charge in [0.1, 0.15) is 17.5 Å². The van der Waals surface area contributed by atoms with Gasteiger partial charge in [0.15, 0.2) is 0 Å². The van der Waals surface area contributed by atoms with Crippen molar-refractivity contribution in [2.75, 3.05) is 23.4 Å². The number of nitriles is 1. The second kappa shape index (κ2) is 5.85. The van der Waals surface area contributed by atoms with Crippen LogP contribution in [0.4, 0.5) is 11.6 Å². The van der Waals surface area contributed by atoms with Gasteiger partial charge < -0.3 is 10.3 Å². The van der Waals surface area contributed by atoms with Gasteiger partial charge in [-0.25, -0.2) is 15.8 Å². The summed E-state index contributed by atoms with van der Waals surface area (Å²) in [5.41, 5.74) is 2.59. The Bertz CT molecular complexity index is 477. The Balaban J connectivity index is 2.25. The van der Waals surface area contributed by atoms with Crippen LogP contribution in [0.3, 0.4) is 0 Å². The van der Waals surface area contributed by atoms with Crippen LogP contribution in [0.15, 0.2) is 6.07 Å². The van der Waals surface area contributed by atoms with Crippen LogP contribution < -0.4 is 16.2 Å². The molecule has 0 radical (unpaired) electrons. The number of nitrogen functional groups attached to an aromatic ring is 1.